The van der Waals surface area contributed by atoms with Crippen LogP contribution in [0.25, 0.3) is 0 Å². The third-order valence-electron chi connectivity index (χ3n) is 4.44. The van der Waals surface area contributed by atoms with Crippen molar-refractivity contribution in [3.05, 3.63) is 30.3 Å². The Hall–Kier alpha value is -1.02. The van der Waals surface area contributed by atoms with Crippen LogP contribution in [0.5, 0.6) is 0 Å². The summed E-state index contributed by atoms with van der Waals surface area (Å²) in [7, 11) is 0. The van der Waals surface area contributed by atoms with E-state index in [0.29, 0.717) is 0 Å². The molecule has 2 aliphatic rings. The van der Waals surface area contributed by atoms with Crippen molar-refractivity contribution in [2.45, 2.75) is 38.1 Å². The lowest BCUT2D eigenvalue weighted by Gasteiger charge is -2.41. The molecule has 2 heteroatoms. The first-order chi connectivity index (χ1) is 8.93. The van der Waals surface area contributed by atoms with Crippen LogP contribution in [0, 0.1) is 6.07 Å². The molecule has 0 unspecified atom stereocenters. The predicted octanol–water partition coefficient (Wildman–Crippen LogP) is 2.94. The molecular formula is C16H23N2. The minimum Gasteiger partial charge on any atom is -0.371 e. The SMILES string of the molecule is [c]1ccc(N2CCC(N3CCCCC3)CC2)cc1. The summed E-state index contributed by atoms with van der Waals surface area (Å²) >= 11 is 0. The van der Waals surface area contributed by atoms with Gasteiger partial charge in [0, 0.05) is 24.8 Å². The number of nitrogens with zero attached hydrogens (tertiary/aromatic N) is 2. The normalized spacial score (nSPS) is 23.2. The molecule has 2 aliphatic heterocycles. The van der Waals surface area contributed by atoms with Crippen molar-refractivity contribution < 1.29 is 0 Å². The maximum Gasteiger partial charge on any atom is 0.0366 e. The molecule has 0 N–H and O–H groups in total. The first-order valence-corrected chi connectivity index (χ1v) is 7.38. The van der Waals surface area contributed by atoms with Crippen LogP contribution in [0.4, 0.5) is 5.69 Å². The molecular weight excluding hydrogens is 220 g/mol. The largest absolute Gasteiger partial charge is 0.371 e. The summed E-state index contributed by atoms with van der Waals surface area (Å²) in [4.78, 5) is 5.26. The van der Waals surface area contributed by atoms with E-state index in [0.717, 1.165) is 6.04 Å². The molecule has 0 bridgehead atoms. The minimum absolute atomic E-state index is 0.844. The smallest absolute Gasteiger partial charge is 0.0366 e. The molecule has 18 heavy (non-hydrogen) atoms. The molecule has 0 aromatic heterocycles. The average Bonchev–Trinajstić information content (AvgIpc) is 2.49. The molecule has 0 amide bonds. The zero-order chi connectivity index (χ0) is 12.2. The van der Waals surface area contributed by atoms with Gasteiger partial charge in [0.2, 0.25) is 0 Å². The third-order valence-corrected chi connectivity index (χ3v) is 4.44. The summed E-state index contributed by atoms with van der Waals surface area (Å²) in [6, 6.07) is 12.3. The van der Waals surface area contributed by atoms with Crippen molar-refractivity contribution >= 4 is 5.69 Å². The number of hydrogen-bond acceptors (Lipinski definition) is 2. The highest BCUT2D eigenvalue weighted by Crippen LogP contribution is 2.24. The van der Waals surface area contributed by atoms with Crippen molar-refractivity contribution in [2.75, 3.05) is 31.1 Å². The molecule has 0 aliphatic carbocycles. The fourth-order valence-corrected chi connectivity index (χ4v) is 3.36. The Morgan fingerprint density at radius 1 is 0.889 bits per heavy atom. The van der Waals surface area contributed by atoms with Gasteiger partial charge >= 0.3 is 0 Å². The molecule has 1 aromatic rings. The second-order valence-corrected chi connectivity index (χ2v) is 5.57. The highest BCUT2D eigenvalue weighted by molar-refractivity contribution is 5.46. The topological polar surface area (TPSA) is 6.48 Å². The summed E-state index contributed by atoms with van der Waals surface area (Å²) in [5, 5.41) is 0. The van der Waals surface area contributed by atoms with E-state index in [1.54, 1.807) is 0 Å². The molecule has 1 radical (unpaired) electrons. The van der Waals surface area contributed by atoms with Gasteiger partial charge in [0.15, 0.2) is 0 Å². The highest BCUT2D eigenvalue weighted by Gasteiger charge is 2.25. The van der Waals surface area contributed by atoms with E-state index in [1.165, 1.54) is 64.0 Å². The number of hydrogen-bond donors (Lipinski definition) is 0. The van der Waals surface area contributed by atoms with E-state index in [4.69, 9.17) is 0 Å². The Bertz CT molecular complexity index is 349. The zero-order valence-corrected chi connectivity index (χ0v) is 11.1. The van der Waals surface area contributed by atoms with E-state index in [2.05, 4.69) is 28.0 Å². The summed E-state index contributed by atoms with van der Waals surface area (Å²) in [6.07, 6.45) is 6.93. The third kappa shape index (κ3) is 2.69. The Labute approximate surface area is 111 Å². The van der Waals surface area contributed by atoms with E-state index in [9.17, 15) is 0 Å². The first kappa shape index (κ1) is 12.0. The van der Waals surface area contributed by atoms with E-state index >= 15 is 0 Å². The van der Waals surface area contributed by atoms with Gasteiger partial charge in [-0.05, 0) is 57.0 Å². The van der Waals surface area contributed by atoms with Crippen molar-refractivity contribution in [3.63, 3.8) is 0 Å². The summed E-state index contributed by atoms with van der Waals surface area (Å²) in [5.41, 5.74) is 1.37. The average molecular weight is 243 g/mol. The number of benzene rings is 1. The molecule has 0 atom stereocenters. The highest BCUT2D eigenvalue weighted by atomic mass is 15.2. The van der Waals surface area contributed by atoms with E-state index in [1.807, 2.05) is 12.1 Å². The summed E-state index contributed by atoms with van der Waals surface area (Å²) in [5.74, 6) is 0. The van der Waals surface area contributed by atoms with Gasteiger partial charge in [-0.15, -0.1) is 0 Å². The fraction of sp³-hybridized carbons (Fsp3) is 0.625. The van der Waals surface area contributed by atoms with Gasteiger partial charge in [0.25, 0.3) is 0 Å². The van der Waals surface area contributed by atoms with Crippen LogP contribution in [-0.4, -0.2) is 37.1 Å². The van der Waals surface area contributed by atoms with Crippen LogP contribution < -0.4 is 4.90 Å². The Morgan fingerprint density at radius 2 is 1.56 bits per heavy atom. The first-order valence-electron chi connectivity index (χ1n) is 7.38. The lowest BCUT2D eigenvalue weighted by atomic mass is 9.99. The quantitative estimate of drug-likeness (QED) is 0.788. The van der Waals surface area contributed by atoms with Gasteiger partial charge in [-0.1, -0.05) is 18.6 Å². The Morgan fingerprint density at radius 3 is 2.22 bits per heavy atom. The van der Waals surface area contributed by atoms with Gasteiger partial charge in [0.1, 0.15) is 0 Å². The zero-order valence-electron chi connectivity index (χ0n) is 11.1. The maximum absolute atomic E-state index is 3.10. The van der Waals surface area contributed by atoms with Gasteiger partial charge in [-0.2, -0.15) is 0 Å². The Balaban J connectivity index is 1.54. The van der Waals surface area contributed by atoms with Crippen molar-refractivity contribution in [3.8, 4) is 0 Å². The van der Waals surface area contributed by atoms with Crippen LogP contribution in [0.1, 0.15) is 32.1 Å². The number of piperidine rings is 2. The minimum atomic E-state index is 0.844. The lowest BCUT2D eigenvalue weighted by molar-refractivity contribution is 0.141. The maximum atomic E-state index is 3.10. The van der Waals surface area contributed by atoms with Crippen molar-refractivity contribution in [2.24, 2.45) is 0 Å². The summed E-state index contributed by atoms with van der Waals surface area (Å²) < 4.78 is 0. The molecule has 2 nitrogen and oxygen atoms in total. The number of likely N-dealkylation sites (tertiary alicyclic amines) is 1. The summed E-state index contributed by atoms with van der Waals surface area (Å²) in [6.45, 7) is 5.10. The van der Waals surface area contributed by atoms with Crippen LogP contribution in [0.2, 0.25) is 0 Å². The second-order valence-electron chi connectivity index (χ2n) is 5.57. The van der Waals surface area contributed by atoms with E-state index in [-0.39, 0.29) is 0 Å². The second kappa shape index (κ2) is 5.75. The van der Waals surface area contributed by atoms with Gasteiger partial charge in [-0.3, -0.25) is 0 Å². The van der Waals surface area contributed by atoms with Gasteiger partial charge in [0.05, 0.1) is 0 Å². The molecule has 2 heterocycles. The van der Waals surface area contributed by atoms with Crippen LogP contribution >= 0.6 is 0 Å². The standard InChI is InChI=1S/C16H23N2/c1-3-7-15(8-4-1)18-13-9-16(10-14-18)17-11-5-2-6-12-17/h3-4,7-8,16H,2,5-6,9-14H2. The number of rotatable bonds is 2. The van der Waals surface area contributed by atoms with Crippen molar-refractivity contribution in [1.82, 2.24) is 4.90 Å². The lowest BCUT2D eigenvalue weighted by Crippen LogP contribution is -2.46. The molecule has 2 saturated heterocycles. The Kier molecular flexibility index (Phi) is 3.84. The molecule has 0 spiro atoms. The molecule has 0 saturated carbocycles. The number of anilines is 1. The van der Waals surface area contributed by atoms with Gasteiger partial charge in [-0.25, -0.2) is 0 Å². The predicted molar refractivity (Wildman–Crippen MR) is 75.9 cm³/mol. The fourth-order valence-electron chi connectivity index (χ4n) is 3.36. The van der Waals surface area contributed by atoms with Gasteiger partial charge < -0.3 is 9.80 Å². The van der Waals surface area contributed by atoms with Crippen LogP contribution in [0.15, 0.2) is 24.3 Å². The van der Waals surface area contributed by atoms with Crippen LogP contribution in [0.3, 0.4) is 0 Å². The van der Waals surface area contributed by atoms with E-state index < -0.39 is 0 Å². The molecule has 2 fully saturated rings. The van der Waals surface area contributed by atoms with Crippen LogP contribution in [-0.2, 0) is 0 Å². The monoisotopic (exact) mass is 243 g/mol. The molecule has 97 valence electrons. The molecule has 3 rings (SSSR count). The molecule has 1 aromatic carbocycles. The van der Waals surface area contributed by atoms with Crippen molar-refractivity contribution in [1.29, 1.82) is 0 Å².